The first kappa shape index (κ1) is 42.9. The van der Waals surface area contributed by atoms with Crippen molar-refractivity contribution < 1.29 is 0 Å². The van der Waals surface area contributed by atoms with Crippen molar-refractivity contribution in [1.29, 1.82) is 0 Å². The van der Waals surface area contributed by atoms with Gasteiger partial charge in [-0.25, -0.2) is 0 Å². The van der Waals surface area contributed by atoms with Crippen LogP contribution in [0.4, 0.5) is 0 Å². The zero-order valence-electron chi connectivity index (χ0n) is 36.8. The number of hydrogen-bond donors (Lipinski definition) is 0. The molecule has 0 bridgehead atoms. The van der Waals surface area contributed by atoms with Crippen molar-refractivity contribution in [2.45, 2.75) is 190 Å². The van der Waals surface area contributed by atoms with E-state index >= 15 is 0 Å². The topological polar surface area (TPSA) is 0 Å². The monoisotopic (exact) mass is 810 g/mol. The van der Waals surface area contributed by atoms with Gasteiger partial charge in [-0.1, -0.05) is 222 Å². The first-order valence-corrected chi connectivity index (χ1v) is 48.2. The van der Waals surface area contributed by atoms with Gasteiger partial charge in [-0.15, -0.1) is 0 Å². The van der Waals surface area contributed by atoms with Crippen LogP contribution in [0.5, 0.6) is 0 Å². The Balaban J connectivity index is 1.83. The number of rotatable bonds is 17. The Kier molecular flexibility index (Phi) is 12.6. The second-order valence-corrected chi connectivity index (χ2v) is 67.0. The van der Waals surface area contributed by atoms with Crippen molar-refractivity contribution in [1.82, 2.24) is 0 Å². The first-order valence-electron chi connectivity index (χ1n) is 20.7. The maximum Gasteiger partial charge on any atom is 0.0866 e. The SMILES string of the molecule is C[Si](C)(C)Cc1cc(C[Si](C)(C)C)c([Si]2(CC[Si]3(c4c(C[Si](C)(C)C)cc(C[Si](C)(C)C)cc4C[Si](C)(C)C)CC3)CC2)c(C[Si](C)(C)C)c1. The average molecular weight is 812 g/mol. The summed E-state index contributed by atoms with van der Waals surface area (Å²) in [5, 5.41) is 4.09. The van der Waals surface area contributed by atoms with Gasteiger partial charge in [0.15, 0.2) is 0 Å². The molecule has 0 nitrogen and oxygen atoms in total. The van der Waals surface area contributed by atoms with Gasteiger partial charge in [0.05, 0.1) is 16.1 Å². The summed E-state index contributed by atoms with van der Waals surface area (Å²) in [7, 11) is -10.4. The van der Waals surface area contributed by atoms with Crippen LogP contribution in [-0.4, -0.2) is 64.6 Å². The van der Waals surface area contributed by atoms with E-state index in [1.165, 1.54) is 36.3 Å². The van der Waals surface area contributed by atoms with Gasteiger partial charge in [0, 0.05) is 48.4 Å². The Morgan fingerprint density at radius 1 is 0.340 bits per heavy atom. The van der Waals surface area contributed by atoms with Crippen molar-refractivity contribution in [3.8, 4) is 0 Å². The van der Waals surface area contributed by atoms with Crippen LogP contribution in [0.2, 0.25) is 154 Å². The molecule has 0 aliphatic carbocycles. The molecule has 2 aliphatic rings. The minimum atomic E-state index is -1.46. The molecule has 2 aromatic rings. The molecule has 2 aliphatic heterocycles. The van der Waals surface area contributed by atoms with Crippen molar-refractivity contribution in [2.75, 3.05) is 0 Å². The predicted molar refractivity (Wildman–Crippen MR) is 255 cm³/mol. The van der Waals surface area contributed by atoms with Crippen LogP contribution in [0, 0.1) is 0 Å². The Morgan fingerprint density at radius 3 is 0.700 bits per heavy atom. The molecule has 0 atom stereocenters. The van der Waals surface area contributed by atoms with Gasteiger partial charge in [-0.2, -0.15) is 0 Å². The van der Waals surface area contributed by atoms with Crippen LogP contribution in [-0.2, 0) is 36.3 Å². The van der Waals surface area contributed by atoms with E-state index in [-0.39, 0.29) is 0 Å². The van der Waals surface area contributed by atoms with Crippen LogP contribution < -0.4 is 10.4 Å². The fourth-order valence-electron chi connectivity index (χ4n) is 9.34. The van der Waals surface area contributed by atoms with E-state index in [0.29, 0.717) is 0 Å². The molecule has 50 heavy (non-hydrogen) atoms. The van der Waals surface area contributed by atoms with Gasteiger partial charge in [-0.3, -0.25) is 0 Å². The molecular formula is C42H82Si8. The normalized spacial score (nSPS) is 18.0. The summed E-state index contributed by atoms with van der Waals surface area (Å²) >= 11 is 0. The maximum absolute atomic E-state index is 2.81. The standard InChI is InChI=1S/C42H82Si8/c1-43(2,3)29-35-25-37(31-45(7,8)9)41(38(26-35)32-46(10,11)12)49(19-20-49)23-24-50(21-22-50)42-39(33-47(13,14)15)27-36(30-44(4,5)6)28-40(42)34-48(16,17)18/h25-28H,19-24,29-34H2,1-18H3. The largest absolute Gasteiger partial charge is 0.0866 e. The lowest BCUT2D eigenvalue weighted by molar-refractivity contribution is 1.19. The van der Waals surface area contributed by atoms with Gasteiger partial charge < -0.3 is 0 Å². The molecule has 0 unspecified atom stereocenters. The molecule has 0 amide bonds. The minimum absolute atomic E-state index is 1.19. The Morgan fingerprint density at radius 2 is 0.540 bits per heavy atom. The van der Waals surface area contributed by atoms with Crippen LogP contribution in [0.25, 0.3) is 0 Å². The fraction of sp³-hybridized carbons (Fsp3) is 0.714. The van der Waals surface area contributed by atoms with Crippen LogP contribution in [0.3, 0.4) is 0 Å². The summed E-state index contributed by atoms with van der Waals surface area (Å²) in [4.78, 5) is 0. The van der Waals surface area contributed by atoms with Crippen LogP contribution in [0.1, 0.15) is 33.4 Å². The van der Waals surface area contributed by atoms with E-state index in [9.17, 15) is 0 Å². The van der Waals surface area contributed by atoms with Gasteiger partial charge in [0.2, 0.25) is 0 Å². The zero-order valence-corrected chi connectivity index (χ0v) is 44.8. The highest BCUT2D eigenvalue weighted by atomic mass is 28.3. The van der Waals surface area contributed by atoms with Crippen molar-refractivity contribution in [3.05, 3.63) is 57.6 Å². The molecular weight excluding hydrogens is 729 g/mol. The van der Waals surface area contributed by atoms with E-state index in [1.807, 2.05) is 32.6 Å². The van der Waals surface area contributed by atoms with Crippen molar-refractivity contribution >= 4 is 75.0 Å². The van der Waals surface area contributed by atoms with E-state index in [2.05, 4.69) is 142 Å². The third-order valence-electron chi connectivity index (χ3n) is 10.9. The summed E-state index contributed by atoms with van der Waals surface area (Å²) in [6, 6.07) is 29.1. The molecule has 2 saturated heterocycles. The molecule has 0 spiro atoms. The Hall–Kier alpha value is 0.175. The summed E-state index contributed by atoms with van der Waals surface area (Å²) in [5.41, 5.74) is 10.9. The molecule has 0 saturated carbocycles. The highest BCUT2D eigenvalue weighted by Gasteiger charge is 2.55. The number of hydrogen-bond acceptors (Lipinski definition) is 0. The summed E-state index contributed by atoms with van der Waals surface area (Å²) in [5.74, 6) is 0. The highest BCUT2D eigenvalue weighted by molar-refractivity contribution is 7.05. The summed E-state index contributed by atoms with van der Waals surface area (Å²) < 4.78 is 0. The van der Waals surface area contributed by atoms with Crippen LogP contribution >= 0.6 is 0 Å². The van der Waals surface area contributed by atoms with E-state index in [1.54, 1.807) is 47.4 Å². The van der Waals surface area contributed by atoms with E-state index in [0.717, 1.165) is 0 Å². The second kappa shape index (κ2) is 14.7. The average Bonchev–Trinajstić information content (AvgIpc) is 3.73. The fourth-order valence-corrected chi connectivity index (χ4v) is 30.7. The molecule has 2 aromatic carbocycles. The molecule has 0 radical (unpaired) electrons. The van der Waals surface area contributed by atoms with E-state index in [4.69, 9.17) is 0 Å². The number of benzene rings is 2. The molecule has 282 valence electrons. The van der Waals surface area contributed by atoms with Gasteiger partial charge in [-0.05, 0) is 36.3 Å². The zero-order chi connectivity index (χ0) is 37.9. The van der Waals surface area contributed by atoms with Crippen molar-refractivity contribution in [2.24, 2.45) is 0 Å². The first-order chi connectivity index (χ1) is 22.4. The van der Waals surface area contributed by atoms with Gasteiger partial charge in [0.25, 0.3) is 0 Å². The lowest BCUT2D eigenvalue weighted by Crippen LogP contribution is -2.47. The molecule has 2 heterocycles. The van der Waals surface area contributed by atoms with Crippen molar-refractivity contribution in [3.63, 3.8) is 0 Å². The second-order valence-electron chi connectivity index (χ2n) is 25.1. The smallest absolute Gasteiger partial charge is 0.0693 e. The van der Waals surface area contributed by atoms with Crippen LogP contribution in [0.15, 0.2) is 24.3 Å². The molecule has 0 N–H and O–H groups in total. The maximum atomic E-state index is 2.81. The molecule has 8 heteroatoms. The third kappa shape index (κ3) is 12.9. The minimum Gasteiger partial charge on any atom is -0.0693 e. The lowest BCUT2D eigenvalue weighted by atomic mass is 10.1. The lowest BCUT2D eigenvalue weighted by Gasteiger charge is -2.32. The quantitative estimate of drug-likeness (QED) is 0.140. The van der Waals surface area contributed by atoms with E-state index < -0.39 is 64.6 Å². The third-order valence-corrected chi connectivity index (χ3v) is 29.4. The Labute approximate surface area is 320 Å². The molecule has 2 fully saturated rings. The summed E-state index contributed by atoms with van der Waals surface area (Å²) in [6.45, 7) is 47.1. The summed E-state index contributed by atoms with van der Waals surface area (Å²) in [6.07, 6.45) is 0. The predicted octanol–water partition coefficient (Wildman–Crippen LogP) is 12.2. The molecule has 0 aromatic heterocycles. The van der Waals surface area contributed by atoms with Gasteiger partial charge in [0.1, 0.15) is 0 Å². The Bertz CT molecular complexity index is 1320. The highest BCUT2D eigenvalue weighted by Crippen LogP contribution is 2.50. The molecule has 4 rings (SSSR count). The van der Waals surface area contributed by atoms with Gasteiger partial charge >= 0.3 is 0 Å².